The number of rotatable bonds is 8. The summed E-state index contributed by atoms with van der Waals surface area (Å²) in [6.45, 7) is 2.83. The van der Waals surface area contributed by atoms with Crippen LogP contribution in [0.25, 0.3) is 0 Å². The predicted octanol–water partition coefficient (Wildman–Crippen LogP) is 2.82. The SMILES string of the molecule is CCCNCc1ccc(S(=O)(=O)N(C)CCC(F)(F)F)s1. The molecule has 0 unspecified atom stereocenters. The van der Waals surface area contributed by atoms with Gasteiger partial charge in [-0.3, -0.25) is 0 Å². The topological polar surface area (TPSA) is 49.4 Å². The van der Waals surface area contributed by atoms with Crippen molar-refractivity contribution in [2.24, 2.45) is 0 Å². The first-order valence-corrected chi connectivity index (χ1v) is 8.75. The summed E-state index contributed by atoms with van der Waals surface area (Å²) in [6.07, 6.45) is -4.55. The third-order valence-corrected chi connectivity index (χ3v) is 6.15. The summed E-state index contributed by atoms with van der Waals surface area (Å²) >= 11 is 1.08. The molecular weight excluding hydrogens is 325 g/mol. The first-order valence-electron chi connectivity index (χ1n) is 6.49. The maximum Gasteiger partial charge on any atom is 0.390 e. The molecule has 1 aromatic heterocycles. The third kappa shape index (κ3) is 5.93. The van der Waals surface area contributed by atoms with Gasteiger partial charge in [-0.2, -0.15) is 17.5 Å². The maximum absolute atomic E-state index is 12.2. The molecule has 0 atom stereocenters. The normalized spacial score (nSPS) is 13.0. The summed E-state index contributed by atoms with van der Waals surface area (Å²) in [5.41, 5.74) is 0. The summed E-state index contributed by atoms with van der Waals surface area (Å²) < 4.78 is 61.6. The van der Waals surface area contributed by atoms with E-state index >= 15 is 0 Å². The zero-order valence-electron chi connectivity index (χ0n) is 11.9. The number of hydrogen-bond acceptors (Lipinski definition) is 4. The van der Waals surface area contributed by atoms with E-state index in [0.717, 1.165) is 40.5 Å². The first kappa shape index (κ1) is 18.4. The molecule has 0 aliphatic heterocycles. The van der Waals surface area contributed by atoms with Crippen molar-refractivity contribution in [3.05, 3.63) is 17.0 Å². The van der Waals surface area contributed by atoms with Gasteiger partial charge in [0.25, 0.3) is 10.0 Å². The zero-order chi connectivity index (χ0) is 16.1. The molecule has 0 radical (unpaired) electrons. The van der Waals surface area contributed by atoms with E-state index in [9.17, 15) is 21.6 Å². The highest BCUT2D eigenvalue weighted by molar-refractivity contribution is 7.91. The lowest BCUT2D eigenvalue weighted by Crippen LogP contribution is -2.30. The lowest BCUT2D eigenvalue weighted by molar-refractivity contribution is -0.135. The predicted molar refractivity (Wildman–Crippen MR) is 76.8 cm³/mol. The minimum Gasteiger partial charge on any atom is -0.312 e. The van der Waals surface area contributed by atoms with Gasteiger partial charge in [-0.15, -0.1) is 11.3 Å². The van der Waals surface area contributed by atoms with Gasteiger partial charge in [0, 0.05) is 25.0 Å². The molecule has 1 rings (SSSR count). The Balaban J connectivity index is 2.69. The lowest BCUT2D eigenvalue weighted by Gasteiger charge is -2.16. The smallest absolute Gasteiger partial charge is 0.312 e. The molecule has 0 fully saturated rings. The quantitative estimate of drug-likeness (QED) is 0.738. The minimum absolute atomic E-state index is 0.0699. The molecule has 0 aliphatic rings. The van der Waals surface area contributed by atoms with E-state index in [2.05, 4.69) is 5.32 Å². The zero-order valence-corrected chi connectivity index (χ0v) is 13.5. The Bertz CT molecular complexity index is 541. The Morgan fingerprint density at radius 1 is 1.33 bits per heavy atom. The second kappa shape index (κ2) is 7.57. The second-order valence-corrected chi connectivity index (χ2v) is 8.03. The molecule has 4 nitrogen and oxygen atoms in total. The molecule has 1 N–H and O–H groups in total. The van der Waals surface area contributed by atoms with E-state index < -0.39 is 29.2 Å². The summed E-state index contributed by atoms with van der Waals surface area (Å²) in [4.78, 5) is 0.839. The average Bonchev–Trinajstić information content (AvgIpc) is 2.84. The number of nitrogens with zero attached hydrogens (tertiary/aromatic N) is 1. The molecule has 21 heavy (non-hydrogen) atoms. The Labute approximate surface area is 127 Å². The number of nitrogens with one attached hydrogen (secondary N) is 1. The van der Waals surface area contributed by atoms with Crippen molar-refractivity contribution >= 4 is 21.4 Å². The van der Waals surface area contributed by atoms with E-state index in [1.54, 1.807) is 6.07 Å². The van der Waals surface area contributed by atoms with Gasteiger partial charge in [-0.05, 0) is 25.1 Å². The minimum atomic E-state index is -4.37. The number of hydrogen-bond donors (Lipinski definition) is 1. The summed E-state index contributed by atoms with van der Waals surface area (Å²) in [5.74, 6) is 0. The highest BCUT2D eigenvalue weighted by Gasteiger charge is 2.30. The molecule has 0 amide bonds. The molecule has 0 spiro atoms. The van der Waals surface area contributed by atoms with Crippen LogP contribution in [0.4, 0.5) is 13.2 Å². The number of sulfonamides is 1. The molecule has 0 aliphatic carbocycles. The molecule has 0 bridgehead atoms. The Hall–Kier alpha value is -0.640. The van der Waals surface area contributed by atoms with Gasteiger partial charge in [0.2, 0.25) is 0 Å². The van der Waals surface area contributed by atoms with Crippen molar-refractivity contribution in [1.29, 1.82) is 0 Å². The van der Waals surface area contributed by atoms with Crippen LogP contribution in [0.5, 0.6) is 0 Å². The lowest BCUT2D eigenvalue weighted by atomic mass is 10.4. The largest absolute Gasteiger partial charge is 0.390 e. The van der Waals surface area contributed by atoms with Crippen LogP contribution in [-0.4, -0.2) is 39.0 Å². The van der Waals surface area contributed by atoms with E-state index in [-0.39, 0.29) is 4.21 Å². The second-order valence-electron chi connectivity index (χ2n) is 4.59. The molecule has 0 aromatic carbocycles. The molecule has 0 saturated carbocycles. The highest BCUT2D eigenvalue weighted by atomic mass is 32.2. The highest BCUT2D eigenvalue weighted by Crippen LogP contribution is 2.26. The van der Waals surface area contributed by atoms with Crippen molar-refractivity contribution in [3.63, 3.8) is 0 Å². The number of alkyl halides is 3. The first-order chi connectivity index (χ1) is 9.66. The van der Waals surface area contributed by atoms with Crippen LogP contribution < -0.4 is 5.32 Å². The maximum atomic E-state index is 12.2. The van der Waals surface area contributed by atoms with Crippen LogP contribution >= 0.6 is 11.3 Å². The van der Waals surface area contributed by atoms with Crippen LogP contribution in [0.15, 0.2) is 16.3 Å². The van der Waals surface area contributed by atoms with Gasteiger partial charge in [0.1, 0.15) is 4.21 Å². The van der Waals surface area contributed by atoms with Crippen molar-refractivity contribution in [1.82, 2.24) is 9.62 Å². The molecule has 9 heteroatoms. The fourth-order valence-corrected chi connectivity index (χ4v) is 4.25. The van der Waals surface area contributed by atoms with Crippen molar-refractivity contribution in [2.75, 3.05) is 20.1 Å². The van der Waals surface area contributed by atoms with Crippen molar-refractivity contribution in [3.8, 4) is 0 Å². The van der Waals surface area contributed by atoms with Gasteiger partial charge in [0.05, 0.1) is 6.42 Å². The van der Waals surface area contributed by atoms with Crippen LogP contribution in [-0.2, 0) is 16.6 Å². The van der Waals surface area contributed by atoms with Crippen LogP contribution in [0.2, 0.25) is 0 Å². The summed E-state index contributed by atoms with van der Waals surface area (Å²) in [6, 6.07) is 3.12. The fraction of sp³-hybridized carbons (Fsp3) is 0.667. The molecule has 1 heterocycles. The van der Waals surface area contributed by atoms with Crippen LogP contribution in [0, 0.1) is 0 Å². The fourth-order valence-electron chi connectivity index (χ4n) is 1.54. The molecule has 122 valence electrons. The van der Waals surface area contributed by atoms with Crippen LogP contribution in [0.3, 0.4) is 0 Å². The number of halogens is 3. The third-order valence-electron chi connectivity index (χ3n) is 2.74. The molecule has 1 aromatic rings. The number of thiophene rings is 1. The van der Waals surface area contributed by atoms with E-state index in [0.29, 0.717) is 6.54 Å². The molecular formula is C12H19F3N2O2S2. The Morgan fingerprint density at radius 3 is 2.57 bits per heavy atom. The Kier molecular flexibility index (Phi) is 6.64. The standard InChI is InChI=1S/C12H19F3N2O2S2/c1-3-7-16-9-10-4-5-11(20-10)21(18,19)17(2)8-6-12(13,14)15/h4-5,16H,3,6-9H2,1-2H3. The van der Waals surface area contributed by atoms with Crippen LogP contribution in [0.1, 0.15) is 24.6 Å². The van der Waals surface area contributed by atoms with Gasteiger partial charge in [-0.25, -0.2) is 8.42 Å². The van der Waals surface area contributed by atoms with Gasteiger partial charge in [-0.1, -0.05) is 6.92 Å². The average molecular weight is 344 g/mol. The van der Waals surface area contributed by atoms with E-state index in [1.807, 2.05) is 6.92 Å². The van der Waals surface area contributed by atoms with E-state index in [4.69, 9.17) is 0 Å². The van der Waals surface area contributed by atoms with Crippen molar-refractivity contribution in [2.45, 2.75) is 36.7 Å². The van der Waals surface area contributed by atoms with Gasteiger partial charge in [0.15, 0.2) is 0 Å². The van der Waals surface area contributed by atoms with Gasteiger partial charge >= 0.3 is 6.18 Å². The summed E-state index contributed by atoms with van der Waals surface area (Å²) in [5, 5.41) is 3.14. The van der Waals surface area contributed by atoms with Gasteiger partial charge < -0.3 is 5.32 Å². The summed E-state index contributed by atoms with van der Waals surface area (Å²) in [7, 11) is -2.68. The van der Waals surface area contributed by atoms with Crippen molar-refractivity contribution < 1.29 is 21.6 Å². The Morgan fingerprint density at radius 2 is 2.00 bits per heavy atom. The molecule has 0 saturated heterocycles. The monoisotopic (exact) mass is 344 g/mol. The van der Waals surface area contributed by atoms with E-state index in [1.165, 1.54) is 6.07 Å².